The summed E-state index contributed by atoms with van der Waals surface area (Å²) in [5, 5.41) is 17.0. The number of Topliss-reactive ketones (excluding diaryl/α,β-unsaturated/α-hetero) is 1. The van der Waals surface area contributed by atoms with Crippen LogP contribution in [0.3, 0.4) is 0 Å². The van der Waals surface area contributed by atoms with Gasteiger partial charge >= 0.3 is 0 Å². The van der Waals surface area contributed by atoms with Crippen molar-refractivity contribution in [2.24, 2.45) is 0 Å². The summed E-state index contributed by atoms with van der Waals surface area (Å²) in [6.07, 6.45) is -1.00. The Bertz CT molecular complexity index is 138. The minimum absolute atomic E-state index is 0.0717. The van der Waals surface area contributed by atoms with Gasteiger partial charge in [-0.2, -0.15) is 0 Å². The highest BCUT2D eigenvalue weighted by Gasteiger charge is 2.27. The fourth-order valence-corrected chi connectivity index (χ4v) is 0.545. The molecule has 58 valence electrons. The van der Waals surface area contributed by atoms with Gasteiger partial charge < -0.3 is 5.11 Å². The number of hydrogen-bond acceptors (Lipinski definition) is 6. The molecule has 0 bridgehead atoms. The molecule has 1 heterocycles. The molecule has 2 N–H and O–H groups in total. The van der Waals surface area contributed by atoms with E-state index in [1.165, 1.54) is 0 Å². The topological polar surface area (TPSA) is 79.2 Å². The van der Waals surface area contributed by atoms with Crippen LogP contribution in [-0.2, 0) is 14.5 Å². The Morgan fingerprint density at radius 1 is 1.80 bits per heavy atom. The second-order valence-electron chi connectivity index (χ2n) is 1.75. The van der Waals surface area contributed by atoms with Crippen molar-refractivity contribution in [3.05, 3.63) is 0 Å². The van der Waals surface area contributed by atoms with Gasteiger partial charge in [0.15, 0.2) is 11.9 Å². The normalized spacial score (nSPS) is 29.0. The molecule has 1 fully saturated rings. The van der Waals surface area contributed by atoms with Crippen molar-refractivity contribution in [3.8, 4) is 0 Å². The third kappa shape index (κ3) is 1.49. The summed E-state index contributed by atoms with van der Waals surface area (Å²) in [5.74, 6) is -0.396. The van der Waals surface area contributed by atoms with Crippen molar-refractivity contribution in [1.29, 1.82) is 0 Å². The first-order valence-corrected chi connectivity index (χ1v) is 2.66. The van der Waals surface area contributed by atoms with Gasteiger partial charge in [0.25, 0.3) is 0 Å². The largest absolute Gasteiger partial charge is 0.393 e. The van der Waals surface area contributed by atoms with Gasteiger partial charge in [-0.15, -0.1) is 0 Å². The van der Waals surface area contributed by atoms with E-state index < -0.39 is 18.5 Å². The molecule has 6 nitrogen and oxygen atoms in total. The average molecular weight is 149 g/mol. The molecule has 0 aliphatic carbocycles. The van der Waals surface area contributed by atoms with Crippen molar-refractivity contribution < 1.29 is 24.8 Å². The zero-order valence-corrected chi connectivity index (χ0v) is 5.06. The molecule has 10 heavy (non-hydrogen) atoms. The third-order valence-corrected chi connectivity index (χ3v) is 1.06. The zero-order valence-electron chi connectivity index (χ0n) is 5.06. The molecule has 0 unspecified atom stereocenters. The molecule has 6 heteroatoms. The molecule has 0 radical (unpaired) electrons. The lowest BCUT2D eigenvalue weighted by Crippen LogP contribution is -2.43. The van der Waals surface area contributed by atoms with Crippen molar-refractivity contribution in [2.45, 2.75) is 6.10 Å². The molecule has 0 aromatic rings. The molecule has 0 aromatic carbocycles. The minimum atomic E-state index is -1.00. The number of rotatable bonds is 1. The predicted molar refractivity (Wildman–Crippen MR) is 26.5 cm³/mol. The Labute approximate surface area is 56.4 Å². The first kappa shape index (κ1) is 7.58. The number of aliphatic hydroxyl groups excluding tert-OH is 1. The van der Waals surface area contributed by atoms with E-state index in [9.17, 15) is 4.79 Å². The van der Waals surface area contributed by atoms with Gasteiger partial charge in [-0.25, -0.2) is 9.68 Å². The SMILES string of the molecule is O=C1CON(O)O[C@@H]1CO. The van der Waals surface area contributed by atoms with Crippen molar-refractivity contribution in [3.63, 3.8) is 0 Å². The van der Waals surface area contributed by atoms with E-state index in [-0.39, 0.29) is 12.0 Å². The van der Waals surface area contributed by atoms with Crippen LogP contribution in [-0.4, -0.2) is 40.8 Å². The van der Waals surface area contributed by atoms with Gasteiger partial charge in [-0.1, -0.05) is 0 Å². The summed E-state index contributed by atoms with van der Waals surface area (Å²) in [5.41, 5.74) is 0. The molecular formula is C4H7NO5. The first-order chi connectivity index (χ1) is 4.74. The van der Waals surface area contributed by atoms with E-state index >= 15 is 0 Å². The second kappa shape index (κ2) is 3.04. The lowest BCUT2D eigenvalue weighted by molar-refractivity contribution is -0.526. The molecule has 0 saturated carbocycles. The van der Waals surface area contributed by atoms with Crippen LogP contribution < -0.4 is 0 Å². The Hall–Kier alpha value is -0.530. The number of hydrogen-bond donors (Lipinski definition) is 2. The smallest absolute Gasteiger partial charge is 0.194 e. The molecule has 1 rings (SSSR count). The fourth-order valence-electron chi connectivity index (χ4n) is 0.545. The van der Waals surface area contributed by atoms with Crippen LogP contribution in [0.2, 0.25) is 0 Å². The fraction of sp³-hybridized carbons (Fsp3) is 0.750. The van der Waals surface area contributed by atoms with Crippen LogP contribution in [0.1, 0.15) is 0 Å². The van der Waals surface area contributed by atoms with Gasteiger partial charge in [-0.3, -0.25) is 10.0 Å². The summed E-state index contributed by atoms with van der Waals surface area (Å²) in [6.45, 7) is -0.735. The van der Waals surface area contributed by atoms with Crippen LogP contribution in [0.5, 0.6) is 0 Å². The standard InChI is InChI=1S/C4H7NO5/c6-1-4-3(7)2-9-5(8)10-4/h4,6,8H,1-2H2/t4-/m1/s1. The molecular weight excluding hydrogens is 142 g/mol. The van der Waals surface area contributed by atoms with Crippen molar-refractivity contribution in [2.75, 3.05) is 13.2 Å². The van der Waals surface area contributed by atoms with Crippen LogP contribution in [0, 0.1) is 0 Å². The number of ketones is 1. The van der Waals surface area contributed by atoms with E-state index in [0.717, 1.165) is 0 Å². The van der Waals surface area contributed by atoms with Crippen LogP contribution in [0.4, 0.5) is 0 Å². The van der Waals surface area contributed by atoms with Crippen molar-refractivity contribution in [1.82, 2.24) is 5.39 Å². The Kier molecular flexibility index (Phi) is 2.30. The highest BCUT2D eigenvalue weighted by molar-refractivity contribution is 5.84. The summed E-state index contributed by atoms with van der Waals surface area (Å²) >= 11 is 0. The maximum Gasteiger partial charge on any atom is 0.194 e. The molecule has 1 aliphatic rings. The van der Waals surface area contributed by atoms with Crippen LogP contribution >= 0.6 is 0 Å². The quantitative estimate of drug-likeness (QED) is 0.471. The maximum atomic E-state index is 10.6. The Morgan fingerprint density at radius 3 is 3.00 bits per heavy atom. The molecule has 0 amide bonds. The van der Waals surface area contributed by atoms with Crippen LogP contribution in [0.15, 0.2) is 0 Å². The summed E-state index contributed by atoms with van der Waals surface area (Å²) in [6, 6.07) is 0. The molecule has 1 saturated heterocycles. The van der Waals surface area contributed by atoms with E-state index in [1.807, 2.05) is 0 Å². The van der Waals surface area contributed by atoms with Crippen LogP contribution in [0.25, 0.3) is 0 Å². The van der Waals surface area contributed by atoms with Crippen molar-refractivity contribution >= 4 is 5.78 Å². The molecule has 0 spiro atoms. The van der Waals surface area contributed by atoms with Gasteiger partial charge in [0.2, 0.25) is 0 Å². The molecule has 1 aliphatic heterocycles. The second-order valence-corrected chi connectivity index (χ2v) is 1.75. The van der Waals surface area contributed by atoms with Gasteiger partial charge in [0.05, 0.1) is 12.0 Å². The van der Waals surface area contributed by atoms with E-state index in [1.54, 1.807) is 0 Å². The summed E-state index contributed by atoms with van der Waals surface area (Å²) in [4.78, 5) is 19.2. The number of carbonyl (C=O) groups is 1. The zero-order chi connectivity index (χ0) is 7.56. The van der Waals surface area contributed by atoms with E-state index in [4.69, 9.17) is 10.3 Å². The maximum absolute atomic E-state index is 10.6. The summed E-state index contributed by atoms with van der Waals surface area (Å²) in [7, 11) is 0. The van der Waals surface area contributed by atoms with E-state index in [2.05, 4.69) is 9.68 Å². The molecule has 0 aromatic heterocycles. The molecule has 1 atom stereocenters. The lowest BCUT2D eigenvalue weighted by Gasteiger charge is -2.23. The third-order valence-electron chi connectivity index (χ3n) is 1.06. The Balaban J connectivity index is 2.45. The van der Waals surface area contributed by atoms with E-state index in [0.29, 0.717) is 0 Å². The van der Waals surface area contributed by atoms with Gasteiger partial charge in [0, 0.05) is 0 Å². The highest BCUT2D eigenvalue weighted by Crippen LogP contribution is 2.04. The first-order valence-electron chi connectivity index (χ1n) is 2.66. The number of nitrogens with zero attached hydrogens (tertiary/aromatic N) is 1. The minimum Gasteiger partial charge on any atom is -0.393 e. The average Bonchev–Trinajstić information content (AvgIpc) is 1.94. The number of carbonyl (C=O) groups excluding carboxylic acids is 1. The predicted octanol–water partition coefficient (Wildman–Crippen LogP) is -1.52. The highest BCUT2D eigenvalue weighted by atomic mass is 17.1. The number of aliphatic hydroxyl groups is 1. The summed E-state index contributed by atoms with van der Waals surface area (Å²) < 4.78 is 0. The van der Waals surface area contributed by atoms with Gasteiger partial charge in [0.1, 0.15) is 6.61 Å². The Morgan fingerprint density at radius 2 is 2.50 bits per heavy atom. The van der Waals surface area contributed by atoms with Gasteiger partial charge in [-0.05, 0) is 0 Å². The lowest BCUT2D eigenvalue weighted by atomic mass is 10.2. The monoisotopic (exact) mass is 149 g/mol.